The van der Waals surface area contributed by atoms with Gasteiger partial charge < -0.3 is 19.9 Å². The van der Waals surface area contributed by atoms with E-state index in [1.54, 1.807) is 31.4 Å². The molecule has 6 rings (SSSR count). The van der Waals surface area contributed by atoms with E-state index >= 15 is 0 Å². The Morgan fingerprint density at radius 3 is 2.24 bits per heavy atom. The molecular formula is C33H42N8O3S2. The lowest BCUT2D eigenvalue weighted by molar-refractivity contribution is 0.176. The number of sulfone groups is 1. The zero-order chi connectivity index (χ0) is 31.9. The first-order chi connectivity index (χ1) is 22.4. The predicted molar refractivity (Wildman–Crippen MR) is 182 cm³/mol. The van der Waals surface area contributed by atoms with Gasteiger partial charge in [-0.25, -0.2) is 18.4 Å². The van der Waals surface area contributed by atoms with E-state index in [0.29, 0.717) is 22.5 Å². The van der Waals surface area contributed by atoms with Crippen LogP contribution in [0, 0.1) is 6.92 Å². The molecule has 0 unspecified atom stereocenters. The Hall–Kier alpha value is -3.65. The van der Waals surface area contributed by atoms with Crippen LogP contribution in [-0.2, 0) is 15.6 Å². The standard InChI is InChI=1S/C33H42N8O3S2/c1-25-23-29(38-37-25)34-31-30(44-2)32(41-21-19-40(20-22-41)18-17-39-15-7-4-8-16-39)36-33(35-31)45-27-11-13-28(14-12-27)46(42,43)24-26-9-5-3-6-10-26/h3,5-6,9-14,23H,4,7-8,15-22,24H2,1-2H3,(H2,34,35,36,37,38). The van der Waals surface area contributed by atoms with Gasteiger partial charge in [0.25, 0.3) is 0 Å². The highest BCUT2D eigenvalue weighted by molar-refractivity contribution is 7.99. The second-order valence-corrected chi connectivity index (χ2v) is 14.9. The topological polar surface area (TPSA) is 120 Å². The van der Waals surface area contributed by atoms with Gasteiger partial charge in [0.05, 0.1) is 17.8 Å². The number of piperidine rings is 1. The van der Waals surface area contributed by atoms with Crippen LogP contribution in [0.1, 0.15) is 30.5 Å². The van der Waals surface area contributed by atoms with Gasteiger partial charge in [-0.2, -0.15) is 5.10 Å². The van der Waals surface area contributed by atoms with Crippen molar-refractivity contribution in [3.8, 4) is 5.75 Å². The van der Waals surface area contributed by atoms with E-state index in [2.05, 4.69) is 30.2 Å². The van der Waals surface area contributed by atoms with Crippen molar-refractivity contribution >= 4 is 39.1 Å². The van der Waals surface area contributed by atoms with Gasteiger partial charge >= 0.3 is 0 Å². The molecule has 11 nitrogen and oxygen atoms in total. The summed E-state index contributed by atoms with van der Waals surface area (Å²) >= 11 is 1.38. The number of anilines is 3. The number of aromatic nitrogens is 4. The number of aromatic amines is 1. The van der Waals surface area contributed by atoms with Crippen LogP contribution in [0.3, 0.4) is 0 Å². The minimum atomic E-state index is -3.48. The Morgan fingerprint density at radius 1 is 0.891 bits per heavy atom. The summed E-state index contributed by atoms with van der Waals surface area (Å²) < 4.78 is 32.0. The Balaban J connectivity index is 1.20. The number of benzene rings is 2. The molecule has 4 heterocycles. The maximum Gasteiger partial charge on any atom is 0.204 e. The highest BCUT2D eigenvalue weighted by Crippen LogP contribution is 2.38. The molecule has 0 aliphatic carbocycles. The summed E-state index contributed by atoms with van der Waals surface area (Å²) in [5.41, 5.74) is 1.68. The maximum atomic E-state index is 13.1. The fourth-order valence-electron chi connectivity index (χ4n) is 5.90. The van der Waals surface area contributed by atoms with Gasteiger partial charge in [0.15, 0.2) is 32.4 Å². The second kappa shape index (κ2) is 14.8. The minimum absolute atomic E-state index is 0.0432. The van der Waals surface area contributed by atoms with Crippen molar-refractivity contribution < 1.29 is 13.2 Å². The van der Waals surface area contributed by atoms with Gasteiger partial charge in [0.2, 0.25) is 5.75 Å². The quantitative estimate of drug-likeness (QED) is 0.200. The van der Waals surface area contributed by atoms with Gasteiger partial charge in [0.1, 0.15) is 0 Å². The van der Waals surface area contributed by atoms with E-state index in [-0.39, 0.29) is 10.6 Å². The van der Waals surface area contributed by atoms with Crippen LogP contribution in [-0.4, -0.2) is 97.9 Å². The van der Waals surface area contributed by atoms with Crippen LogP contribution in [0.5, 0.6) is 5.75 Å². The summed E-state index contributed by atoms with van der Waals surface area (Å²) in [5.74, 6) is 2.41. The third-order valence-corrected chi connectivity index (χ3v) is 11.0. The zero-order valence-electron chi connectivity index (χ0n) is 26.5. The van der Waals surface area contributed by atoms with Crippen molar-refractivity contribution in [1.29, 1.82) is 0 Å². The van der Waals surface area contributed by atoms with Crippen LogP contribution in [0.2, 0.25) is 0 Å². The molecule has 244 valence electrons. The summed E-state index contributed by atoms with van der Waals surface area (Å²) in [7, 11) is -1.84. The average Bonchev–Trinajstić information content (AvgIpc) is 3.49. The van der Waals surface area contributed by atoms with Crippen molar-refractivity contribution in [2.24, 2.45) is 0 Å². The molecule has 2 aliphatic heterocycles. The highest BCUT2D eigenvalue weighted by Gasteiger charge is 2.26. The lowest BCUT2D eigenvalue weighted by atomic mass is 10.1. The molecule has 4 aromatic rings. The molecule has 0 amide bonds. The fraction of sp³-hybridized carbons (Fsp3) is 0.424. The molecule has 2 aromatic carbocycles. The Bertz CT molecular complexity index is 1690. The van der Waals surface area contributed by atoms with Crippen molar-refractivity contribution in [3.05, 3.63) is 71.9 Å². The van der Waals surface area contributed by atoms with Crippen LogP contribution >= 0.6 is 11.8 Å². The number of rotatable bonds is 12. The number of methoxy groups -OCH3 is 1. The molecule has 0 bridgehead atoms. The number of aryl methyl sites for hydroxylation is 1. The van der Waals surface area contributed by atoms with Gasteiger partial charge in [-0.15, -0.1) is 0 Å². The largest absolute Gasteiger partial charge is 0.490 e. The molecule has 2 saturated heterocycles. The number of hydrogen-bond acceptors (Lipinski definition) is 11. The number of ether oxygens (including phenoxy) is 1. The number of H-pyrrole nitrogens is 1. The van der Waals surface area contributed by atoms with E-state index in [4.69, 9.17) is 14.7 Å². The molecule has 2 aliphatic rings. The molecule has 2 N–H and O–H groups in total. The highest BCUT2D eigenvalue weighted by atomic mass is 32.2. The third-order valence-electron chi connectivity index (χ3n) is 8.43. The Morgan fingerprint density at radius 2 is 1.59 bits per heavy atom. The van der Waals surface area contributed by atoms with Crippen LogP contribution in [0.15, 0.2) is 75.6 Å². The first kappa shape index (κ1) is 32.3. The maximum absolute atomic E-state index is 13.1. The predicted octanol–water partition coefficient (Wildman–Crippen LogP) is 4.99. The monoisotopic (exact) mass is 662 g/mol. The van der Waals surface area contributed by atoms with E-state index in [1.165, 1.54) is 44.1 Å². The summed E-state index contributed by atoms with van der Waals surface area (Å²) in [4.78, 5) is 18.3. The number of hydrogen-bond donors (Lipinski definition) is 2. The Labute approximate surface area is 275 Å². The Kier molecular flexibility index (Phi) is 10.4. The van der Waals surface area contributed by atoms with Crippen molar-refractivity contribution in [2.45, 2.75) is 46.9 Å². The van der Waals surface area contributed by atoms with E-state index in [1.807, 2.05) is 43.3 Å². The fourth-order valence-corrected chi connectivity index (χ4v) is 8.00. The number of likely N-dealkylation sites (tertiary alicyclic amines) is 1. The lowest BCUT2D eigenvalue weighted by Crippen LogP contribution is -2.49. The number of nitrogens with one attached hydrogen (secondary N) is 2. The second-order valence-electron chi connectivity index (χ2n) is 11.8. The lowest BCUT2D eigenvalue weighted by Gasteiger charge is -2.37. The molecule has 0 radical (unpaired) electrons. The first-order valence-corrected chi connectivity index (χ1v) is 18.3. The minimum Gasteiger partial charge on any atom is -0.490 e. The van der Waals surface area contributed by atoms with Gasteiger partial charge in [-0.1, -0.05) is 36.8 Å². The average molecular weight is 663 g/mol. The van der Waals surface area contributed by atoms with Crippen molar-refractivity contribution in [1.82, 2.24) is 30.0 Å². The first-order valence-electron chi connectivity index (χ1n) is 15.9. The van der Waals surface area contributed by atoms with Gasteiger partial charge in [-0.3, -0.25) is 10.00 Å². The van der Waals surface area contributed by atoms with E-state index in [9.17, 15) is 8.42 Å². The number of nitrogens with zero attached hydrogens (tertiary/aromatic N) is 6. The zero-order valence-corrected chi connectivity index (χ0v) is 28.1. The van der Waals surface area contributed by atoms with Crippen molar-refractivity contribution in [2.75, 3.05) is 69.7 Å². The SMILES string of the molecule is COc1c(Nc2cc(C)[nH]n2)nc(Sc2ccc(S(=O)(=O)Cc3ccccc3)cc2)nc1N1CCN(CCN2CCCCC2)CC1. The molecule has 46 heavy (non-hydrogen) atoms. The molecule has 13 heteroatoms. The summed E-state index contributed by atoms with van der Waals surface area (Å²) in [6, 6.07) is 18.0. The molecular weight excluding hydrogens is 621 g/mol. The van der Waals surface area contributed by atoms with E-state index < -0.39 is 9.84 Å². The molecule has 2 fully saturated rings. The number of piperazine rings is 1. The van der Waals surface area contributed by atoms with Crippen LogP contribution < -0.4 is 15.0 Å². The summed E-state index contributed by atoms with van der Waals surface area (Å²) in [5, 5.41) is 11.1. The van der Waals surface area contributed by atoms with Gasteiger partial charge in [-0.05, 0) is 74.4 Å². The van der Waals surface area contributed by atoms with Crippen molar-refractivity contribution in [3.63, 3.8) is 0 Å². The van der Waals surface area contributed by atoms with E-state index in [0.717, 1.165) is 61.2 Å². The van der Waals surface area contributed by atoms with Gasteiger partial charge in [0, 0.05) is 55.9 Å². The molecule has 0 atom stereocenters. The molecule has 0 spiro atoms. The summed E-state index contributed by atoms with van der Waals surface area (Å²) in [6.45, 7) is 10.1. The third kappa shape index (κ3) is 8.19. The summed E-state index contributed by atoms with van der Waals surface area (Å²) in [6.07, 6.45) is 3.98. The normalized spacial score (nSPS) is 16.4. The molecule has 0 saturated carbocycles. The van der Waals surface area contributed by atoms with Crippen LogP contribution in [0.4, 0.5) is 17.5 Å². The molecule has 2 aromatic heterocycles. The van der Waals surface area contributed by atoms with Crippen LogP contribution in [0.25, 0.3) is 0 Å². The smallest absolute Gasteiger partial charge is 0.204 e.